The highest BCUT2D eigenvalue weighted by Crippen LogP contribution is 2.21. The Morgan fingerprint density at radius 2 is 1.91 bits per heavy atom. The molecule has 0 spiro atoms. The van der Waals surface area contributed by atoms with Crippen molar-refractivity contribution in [3.8, 4) is 0 Å². The molecule has 3 rings (SSSR count). The van der Waals surface area contributed by atoms with Crippen molar-refractivity contribution >= 4 is 23.2 Å². The number of rotatable bonds is 4. The minimum atomic E-state index is -0.121. The number of hydrogen-bond acceptors (Lipinski definition) is 3. The molecule has 0 unspecified atom stereocenters. The molecule has 0 radical (unpaired) electrons. The van der Waals surface area contributed by atoms with Gasteiger partial charge in [-0.1, -0.05) is 35.9 Å². The Hall–Kier alpha value is -2.04. The molecule has 1 fully saturated rings. The van der Waals surface area contributed by atoms with E-state index in [4.69, 9.17) is 16.3 Å². The van der Waals surface area contributed by atoms with Gasteiger partial charge in [-0.15, -0.1) is 0 Å². The van der Waals surface area contributed by atoms with Gasteiger partial charge in [0, 0.05) is 35.9 Å². The van der Waals surface area contributed by atoms with Crippen LogP contribution in [0.4, 0.5) is 5.69 Å². The van der Waals surface area contributed by atoms with Crippen molar-refractivity contribution in [2.45, 2.75) is 6.54 Å². The number of carbonyl (C=O) groups is 1. The SMILES string of the molecule is O=C(NCc1ccccc1N1CCOCC1)c1cccc(Cl)c1. The minimum Gasteiger partial charge on any atom is -0.378 e. The average Bonchev–Trinajstić information content (AvgIpc) is 2.60. The summed E-state index contributed by atoms with van der Waals surface area (Å²) in [5, 5.41) is 3.53. The Balaban J connectivity index is 1.69. The maximum atomic E-state index is 12.3. The van der Waals surface area contributed by atoms with Gasteiger partial charge in [-0.3, -0.25) is 4.79 Å². The summed E-state index contributed by atoms with van der Waals surface area (Å²) in [5.41, 5.74) is 2.83. The van der Waals surface area contributed by atoms with Crippen LogP contribution in [-0.4, -0.2) is 32.2 Å². The molecule has 120 valence electrons. The van der Waals surface area contributed by atoms with Crippen molar-refractivity contribution in [3.05, 3.63) is 64.7 Å². The van der Waals surface area contributed by atoms with Gasteiger partial charge in [-0.25, -0.2) is 0 Å². The van der Waals surface area contributed by atoms with E-state index in [0.29, 0.717) is 17.1 Å². The van der Waals surface area contributed by atoms with Crippen LogP contribution in [0.25, 0.3) is 0 Å². The Kier molecular flexibility index (Phi) is 5.16. The molecule has 1 saturated heterocycles. The van der Waals surface area contributed by atoms with Crippen LogP contribution in [0.3, 0.4) is 0 Å². The lowest BCUT2D eigenvalue weighted by molar-refractivity contribution is 0.0950. The molecule has 4 nitrogen and oxygen atoms in total. The number of carbonyl (C=O) groups excluding carboxylic acids is 1. The van der Waals surface area contributed by atoms with Crippen molar-refractivity contribution < 1.29 is 9.53 Å². The van der Waals surface area contributed by atoms with E-state index in [-0.39, 0.29) is 5.91 Å². The first-order chi connectivity index (χ1) is 11.2. The molecular formula is C18H19ClN2O2. The lowest BCUT2D eigenvalue weighted by Crippen LogP contribution is -2.37. The molecule has 0 bridgehead atoms. The molecule has 1 aliphatic rings. The van der Waals surface area contributed by atoms with Crippen molar-refractivity contribution in [1.82, 2.24) is 5.32 Å². The Bertz CT molecular complexity index is 684. The zero-order chi connectivity index (χ0) is 16.1. The van der Waals surface area contributed by atoms with Crippen LogP contribution in [0.2, 0.25) is 5.02 Å². The topological polar surface area (TPSA) is 41.6 Å². The zero-order valence-corrected chi connectivity index (χ0v) is 13.6. The molecule has 0 saturated carbocycles. The highest BCUT2D eigenvalue weighted by Gasteiger charge is 2.15. The molecule has 0 atom stereocenters. The van der Waals surface area contributed by atoms with Crippen molar-refractivity contribution in [2.24, 2.45) is 0 Å². The van der Waals surface area contributed by atoms with Gasteiger partial charge in [0.25, 0.3) is 5.91 Å². The average molecular weight is 331 g/mol. The van der Waals surface area contributed by atoms with Gasteiger partial charge in [0.2, 0.25) is 0 Å². The summed E-state index contributed by atoms with van der Waals surface area (Å²) in [7, 11) is 0. The van der Waals surface area contributed by atoms with Crippen LogP contribution in [0.1, 0.15) is 15.9 Å². The lowest BCUT2D eigenvalue weighted by atomic mass is 10.1. The van der Waals surface area contributed by atoms with Crippen molar-refractivity contribution in [1.29, 1.82) is 0 Å². The van der Waals surface area contributed by atoms with E-state index in [1.165, 1.54) is 0 Å². The third-order valence-electron chi connectivity index (χ3n) is 3.87. The molecule has 23 heavy (non-hydrogen) atoms. The van der Waals surface area contributed by atoms with E-state index in [9.17, 15) is 4.79 Å². The molecular weight excluding hydrogens is 312 g/mol. The first-order valence-electron chi connectivity index (χ1n) is 7.68. The quantitative estimate of drug-likeness (QED) is 0.936. The van der Waals surface area contributed by atoms with Gasteiger partial charge >= 0.3 is 0 Å². The zero-order valence-electron chi connectivity index (χ0n) is 12.8. The molecule has 5 heteroatoms. The molecule has 0 aliphatic carbocycles. The number of ether oxygens (including phenoxy) is 1. The molecule has 1 heterocycles. The molecule has 1 N–H and O–H groups in total. The smallest absolute Gasteiger partial charge is 0.251 e. The van der Waals surface area contributed by atoms with Gasteiger partial charge < -0.3 is 15.0 Å². The predicted octanol–water partition coefficient (Wildman–Crippen LogP) is 3.11. The molecule has 1 aliphatic heterocycles. The first-order valence-corrected chi connectivity index (χ1v) is 8.06. The van der Waals surface area contributed by atoms with E-state index in [1.54, 1.807) is 24.3 Å². The Morgan fingerprint density at radius 1 is 1.13 bits per heavy atom. The third kappa shape index (κ3) is 4.03. The summed E-state index contributed by atoms with van der Waals surface area (Å²) in [6.45, 7) is 3.71. The number of morpholine rings is 1. The highest BCUT2D eigenvalue weighted by atomic mass is 35.5. The second-order valence-corrected chi connectivity index (χ2v) is 5.86. The van der Waals surface area contributed by atoms with E-state index < -0.39 is 0 Å². The molecule has 0 aromatic heterocycles. The summed E-state index contributed by atoms with van der Waals surface area (Å²) in [5.74, 6) is -0.121. The maximum Gasteiger partial charge on any atom is 0.251 e. The molecule has 2 aromatic rings. The number of nitrogens with one attached hydrogen (secondary N) is 1. The van der Waals surface area contributed by atoms with Gasteiger partial charge in [0.1, 0.15) is 0 Å². The van der Waals surface area contributed by atoms with Gasteiger partial charge in [-0.05, 0) is 29.8 Å². The molecule has 1 amide bonds. The van der Waals surface area contributed by atoms with Crippen LogP contribution in [0.5, 0.6) is 0 Å². The van der Waals surface area contributed by atoms with E-state index in [1.807, 2.05) is 18.2 Å². The largest absolute Gasteiger partial charge is 0.378 e. The summed E-state index contributed by atoms with van der Waals surface area (Å²) in [6.07, 6.45) is 0. The van der Waals surface area contributed by atoms with E-state index >= 15 is 0 Å². The molecule has 2 aromatic carbocycles. The number of hydrogen-bond donors (Lipinski definition) is 1. The fourth-order valence-corrected chi connectivity index (χ4v) is 2.87. The second-order valence-electron chi connectivity index (χ2n) is 5.42. The van der Waals surface area contributed by atoms with Gasteiger partial charge in [0.05, 0.1) is 13.2 Å². The van der Waals surface area contributed by atoms with Crippen LogP contribution in [0, 0.1) is 0 Å². The fraction of sp³-hybridized carbons (Fsp3) is 0.278. The lowest BCUT2D eigenvalue weighted by Gasteiger charge is -2.30. The Labute approximate surface area is 141 Å². The number of halogens is 1. The number of anilines is 1. The van der Waals surface area contributed by atoms with E-state index in [0.717, 1.165) is 37.6 Å². The standard InChI is InChI=1S/C18H19ClN2O2/c19-16-6-3-5-14(12-16)18(22)20-13-15-4-1-2-7-17(15)21-8-10-23-11-9-21/h1-7,12H,8-11,13H2,(H,20,22). The predicted molar refractivity (Wildman–Crippen MR) is 92.1 cm³/mol. The number of para-hydroxylation sites is 1. The second kappa shape index (κ2) is 7.49. The number of nitrogens with zero attached hydrogens (tertiary/aromatic N) is 1. The van der Waals surface area contributed by atoms with Gasteiger partial charge in [-0.2, -0.15) is 0 Å². The summed E-state index contributed by atoms with van der Waals surface area (Å²) < 4.78 is 5.40. The van der Waals surface area contributed by atoms with Gasteiger partial charge in [0.15, 0.2) is 0 Å². The van der Waals surface area contributed by atoms with Crippen LogP contribution >= 0.6 is 11.6 Å². The minimum absolute atomic E-state index is 0.121. The summed E-state index contributed by atoms with van der Waals surface area (Å²) in [6, 6.07) is 15.1. The maximum absolute atomic E-state index is 12.3. The van der Waals surface area contributed by atoms with Crippen molar-refractivity contribution in [3.63, 3.8) is 0 Å². The van der Waals surface area contributed by atoms with Crippen LogP contribution in [0.15, 0.2) is 48.5 Å². The summed E-state index contributed by atoms with van der Waals surface area (Å²) >= 11 is 5.93. The summed E-state index contributed by atoms with van der Waals surface area (Å²) in [4.78, 5) is 14.6. The fourth-order valence-electron chi connectivity index (χ4n) is 2.68. The van der Waals surface area contributed by atoms with E-state index in [2.05, 4.69) is 16.3 Å². The first kappa shape index (κ1) is 15.8. The van der Waals surface area contributed by atoms with Crippen LogP contribution < -0.4 is 10.2 Å². The number of amides is 1. The monoisotopic (exact) mass is 330 g/mol. The number of benzene rings is 2. The normalized spacial score (nSPS) is 14.6. The highest BCUT2D eigenvalue weighted by molar-refractivity contribution is 6.30. The Morgan fingerprint density at radius 3 is 2.70 bits per heavy atom. The third-order valence-corrected chi connectivity index (χ3v) is 4.10. The van der Waals surface area contributed by atoms with Crippen LogP contribution in [-0.2, 0) is 11.3 Å². The van der Waals surface area contributed by atoms with Crippen molar-refractivity contribution in [2.75, 3.05) is 31.2 Å².